The molecule has 164 valence electrons. The summed E-state index contributed by atoms with van der Waals surface area (Å²) in [6.07, 6.45) is 8.06. The van der Waals surface area contributed by atoms with Crippen LogP contribution in [0, 0.1) is 11.7 Å². The largest absolute Gasteiger partial charge is 0.300 e. The van der Waals surface area contributed by atoms with E-state index in [0.717, 1.165) is 42.0 Å². The number of fused-ring (bicyclic) bond motifs is 1. The molecule has 1 amide bonds. The molecule has 1 saturated carbocycles. The summed E-state index contributed by atoms with van der Waals surface area (Å²) in [4.78, 5) is 19.1. The Kier molecular flexibility index (Phi) is 5.40. The summed E-state index contributed by atoms with van der Waals surface area (Å²) in [5.74, 6) is 0.0324. The van der Waals surface area contributed by atoms with Crippen LogP contribution in [0.4, 0.5) is 4.39 Å². The molecule has 5 rings (SSSR count). The third kappa shape index (κ3) is 4.29. The van der Waals surface area contributed by atoms with Gasteiger partial charge < -0.3 is 4.90 Å². The molecule has 1 atom stereocenters. The zero-order valence-corrected chi connectivity index (χ0v) is 18.2. The third-order valence-electron chi connectivity index (χ3n) is 6.64. The Morgan fingerprint density at radius 3 is 2.65 bits per heavy atom. The van der Waals surface area contributed by atoms with E-state index in [-0.39, 0.29) is 17.5 Å². The lowest BCUT2D eigenvalue weighted by Crippen LogP contribution is -2.56. The maximum Gasteiger partial charge on any atom is 0.259 e. The minimum Gasteiger partial charge on any atom is -0.300 e. The molecule has 2 aromatic rings. The number of nitrogens with two attached hydrogens (primary N) is 1. The lowest BCUT2D eigenvalue weighted by atomic mass is 9.91. The molecule has 6 nitrogen and oxygen atoms in total. The second-order valence-electron chi connectivity index (χ2n) is 8.99. The van der Waals surface area contributed by atoms with E-state index in [1.165, 1.54) is 18.9 Å². The smallest absolute Gasteiger partial charge is 0.259 e. The fourth-order valence-electron chi connectivity index (χ4n) is 4.76. The minimum absolute atomic E-state index is 0.0209. The summed E-state index contributed by atoms with van der Waals surface area (Å²) in [6, 6.07) is 5.11. The first-order valence-corrected chi connectivity index (χ1v) is 12.6. The van der Waals surface area contributed by atoms with Crippen molar-refractivity contribution in [1.29, 1.82) is 0 Å². The Morgan fingerprint density at radius 2 is 1.94 bits per heavy atom. The minimum atomic E-state index is -3.09. The molecule has 1 aromatic heterocycles. The molecule has 1 unspecified atom stereocenters. The van der Waals surface area contributed by atoms with Crippen molar-refractivity contribution in [2.24, 2.45) is 15.4 Å². The number of pyridine rings is 1. The zero-order chi connectivity index (χ0) is 21.6. The number of halogens is 1. The molecule has 2 N–H and O–H groups in total. The van der Waals surface area contributed by atoms with Gasteiger partial charge in [0.05, 0.1) is 11.7 Å². The van der Waals surface area contributed by atoms with E-state index in [9.17, 15) is 13.4 Å². The number of carbonyl (C=O) groups is 1. The molecule has 2 aliphatic carbocycles. The molecule has 2 fully saturated rings. The van der Waals surface area contributed by atoms with Gasteiger partial charge in [0.15, 0.2) is 0 Å². The lowest BCUT2D eigenvalue weighted by molar-refractivity contribution is -0.117. The maximum absolute atomic E-state index is 14.7. The molecule has 2 heterocycles. The summed E-state index contributed by atoms with van der Waals surface area (Å²) in [5, 5.41) is 5.75. The van der Waals surface area contributed by atoms with Crippen molar-refractivity contribution in [1.82, 2.24) is 9.88 Å². The lowest BCUT2D eigenvalue weighted by Gasteiger charge is -2.39. The van der Waals surface area contributed by atoms with Gasteiger partial charge in [0.1, 0.15) is 15.7 Å². The van der Waals surface area contributed by atoms with Gasteiger partial charge in [-0.2, -0.15) is 0 Å². The van der Waals surface area contributed by atoms with Crippen molar-refractivity contribution in [3.05, 3.63) is 53.1 Å². The Labute approximate surface area is 182 Å². The van der Waals surface area contributed by atoms with Crippen molar-refractivity contribution in [2.75, 3.05) is 19.6 Å². The maximum atomic E-state index is 14.7. The molecule has 8 heteroatoms. The molecule has 1 aliphatic heterocycles. The van der Waals surface area contributed by atoms with Gasteiger partial charge in [0.2, 0.25) is 0 Å². The van der Waals surface area contributed by atoms with Crippen LogP contribution < -0.4 is 5.14 Å². The van der Waals surface area contributed by atoms with E-state index in [1.54, 1.807) is 24.5 Å². The summed E-state index contributed by atoms with van der Waals surface area (Å²) in [7, 11) is -3.09. The van der Waals surface area contributed by atoms with Gasteiger partial charge in [-0.15, -0.1) is 4.36 Å². The van der Waals surface area contributed by atoms with Crippen LogP contribution in [0.2, 0.25) is 0 Å². The molecule has 1 aromatic carbocycles. The Balaban J connectivity index is 1.40. The van der Waals surface area contributed by atoms with Crippen LogP contribution >= 0.6 is 0 Å². The molecule has 0 spiro atoms. The van der Waals surface area contributed by atoms with Gasteiger partial charge in [0, 0.05) is 32.0 Å². The first kappa shape index (κ1) is 20.7. The van der Waals surface area contributed by atoms with Crippen molar-refractivity contribution in [2.45, 2.75) is 43.8 Å². The number of hydrogen-bond donors (Lipinski definition) is 1. The van der Waals surface area contributed by atoms with Gasteiger partial charge in [-0.3, -0.25) is 9.78 Å². The van der Waals surface area contributed by atoms with Crippen molar-refractivity contribution < 1.29 is 13.4 Å². The molecular formula is C23H27FN4O2S. The number of likely N-dealkylation sites (tertiary alicyclic amines) is 1. The predicted molar refractivity (Wildman–Crippen MR) is 118 cm³/mol. The van der Waals surface area contributed by atoms with Crippen LogP contribution in [0.15, 0.2) is 35.0 Å². The van der Waals surface area contributed by atoms with Crippen molar-refractivity contribution in [3.63, 3.8) is 0 Å². The van der Waals surface area contributed by atoms with E-state index < -0.39 is 15.8 Å². The van der Waals surface area contributed by atoms with Gasteiger partial charge in [-0.25, -0.2) is 13.7 Å². The third-order valence-corrected chi connectivity index (χ3v) is 8.39. The Bertz CT molecular complexity index is 1130. The number of benzene rings is 1. The van der Waals surface area contributed by atoms with Crippen LogP contribution in [0.3, 0.4) is 0 Å². The molecule has 0 radical (unpaired) electrons. The van der Waals surface area contributed by atoms with Crippen molar-refractivity contribution >= 4 is 15.8 Å². The molecule has 31 heavy (non-hydrogen) atoms. The van der Waals surface area contributed by atoms with E-state index in [0.29, 0.717) is 30.6 Å². The normalized spacial score (nSPS) is 20.7. The highest BCUT2D eigenvalue weighted by Gasteiger charge is 2.37. The zero-order valence-electron chi connectivity index (χ0n) is 17.4. The highest BCUT2D eigenvalue weighted by Crippen LogP contribution is 2.36. The second kappa shape index (κ2) is 8.07. The van der Waals surface area contributed by atoms with Gasteiger partial charge >= 0.3 is 0 Å². The van der Waals surface area contributed by atoms with E-state index in [4.69, 9.17) is 5.14 Å². The standard InChI is InChI=1S/C23H27FN4O2S/c24-22-10-20(16-6-8-26-9-7-16)21(18-2-1-3-19(18)22)11-23(29)27-31(25,30)17-13-28(14-17)12-15-4-5-15/h6-10,15,17H,1-5,11-14H2,(H2,25,27,29,30). The van der Waals surface area contributed by atoms with Crippen LogP contribution in [0.1, 0.15) is 36.0 Å². The van der Waals surface area contributed by atoms with Crippen LogP contribution in [0.25, 0.3) is 11.1 Å². The van der Waals surface area contributed by atoms with Crippen LogP contribution in [0.5, 0.6) is 0 Å². The second-order valence-corrected chi connectivity index (χ2v) is 11.1. The first-order valence-electron chi connectivity index (χ1n) is 10.9. The highest BCUT2D eigenvalue weighted by molar-refractivity contribution is 7.92. The number of carbonyl (C=O) groups excluding carboxylic acids is 1. The predicted octanol–water partition coefficient (Wildman–Crippen LogP) is 2.88. The van der Waals surface area contributed by atoms with Crippen molar-refractivity contribution in [3.8, 4) is 11.1 Å². The topological polar surface area (TPSA) is 88.7 Å². The Morgan fingerprint density at radius 1 is 1.23 bits per heavy atom. The van der Waals surface area contributed by atoms with E-state index in [1.807, 2.05) is 0 Å². The average Bonchev–Trinajstić information content (AvgIpc) is 3.38. The van der Waals surface area contributed by atoms with E-state index >= 15 is 0 Å². The number of amides is 1. The summed E-state index contributed by atoms with van der Waals surface area (Å²) < 4.78 is 31.6. The Hall–Kier alpha value is -2.16. The number of hydrogen-bond acceptors (Lipinski definition) is 4. The first-order chi connectivity index (χ1) is 14.9. The number of rotatable bonds is 6. The van der Waals surface area contributed by atoms with Gasteiger partial charge in [-0.1, -0.05) is 0 Å². The number of nitrogens with zero attached hydrogens (tertiary/aromatic N) is 3. The summed E-state index contributed by atoms with van der Waals surface area (Å²) in [5.41, 5.74) is 3.82. The average molecular weight is 443 g/mol. The molecule has 3 aliphatic rings. The summed E-state index contributed by atoms with van der Waals surface area (Å²) >= 11 is 0. The van der Waals surface area contributed by atoms with Gasteiger partial charge in [-0.05, 0) is 84.0 Å². The fraction of sp³-hybridized carbons (Fsp3) is 0.478. The molecular weight excluding hydrogens is 415 g/mol. The highest BCUT2D eigenvalue weighted by atomic mass is 32.2. The van der Waals surface area contributed by atoms with Crippen LogP contribution in [-0.2, 0) is 34.0 Å². The molecule has 1 saturated heterocycles. The number of aromatic nitrogens is 1. The quantitative estimate of drug-likeness (QED) is 0.745. The fourth-order valence-corrected chi connectivity index (χ4v) is 6.14. The monoisotopic (exact) mass is 442 g/mol. The molecule has 0 bridgehead atoms. The van der Waals surface area contributed by atoms with Gasteiger partial charge in [0.25, 0.3) is 5.91 Å². The SMILES string of the molecule is NS(=O)(=NC(=O)Cc1c(-c2ccncc2)cc(F)c2c1CCC2)C1CN(CC2CC2)C1. The summed E-state index contributed by atoms with van der Waals surface area (Å²) in [6.45, 7) is 2.30. The van der Waals surface area contributed by atoms with Crippen LogP contribution in [-0.4, -0.2) is 44.9 Å². The van der Waals surface area contributed by atoms with E-state index in [2.05, 4.69) is 14.2 Å².